The van der Waals surface area contributed by atoms with Crippen LogP contribution in [0.3, 0.4) is 0 Å². The number of nitrogens with two attached hydrogens (primary N) is 2. The molecular formula is C13H14N2. The highest BCUT2D eigenvalue weighted by Gasteiger charge is 2.01. The van der Waals surface area contributed by atoms with Gasteiger partial charge in [-0.3, -0.25) is 0 Å². The normalized spacial score (nSPS) is 10.6. The minimum absolute atomic E-state index is 0.409. The van der Waals surface area contributed by atoms with Crippen LogP contribution in [0.1, 0.15) is 11.7 Å². The van der Waals surface area contributed by atoms with Crippen molar-refractivity contribution in [2.75, 3.05) is 0 Å². The van der Waals surface area contributed by atoms with Crippen LogP contribution in [-0.2, 0) is 0 Å². The first kappa shape index (κ1) is 9.90. The van der Waals surface area contributed by atoms with E-state index in [9.17, 15) is 0 Å². The van der Waals surface area contributed by atoms with E-state index >= 15 is 0 Å². The van der Waals surface area contributed by atoms with Crippen molar-refractivity contribution in [2.45, 2.75) is 6.17 Å². The molecule has 2 aromatic rings. The third-order valence-electron chi connectivity index (χ3n) is 2.38. The second-order valence-electron chi connectivity index (χ2n) is 3.52. The predicted octanol–water partition coefficient (Wildman–Crippen LogP) is 2.27. The summed E-state index contributed by atoms with van der Waals surface area (Å²) in [6.45, 7) is 0. The zero-order chi connectivity index (χ0) is 10.7. The van der Waals surface area contributed by atoms with Gasteiger partial charge in [-0.05, 0) is 22.8 Å². The van der Waals surface area contributed by atoms with Crippen molar-refractivity contribution in [3.05, 3.63) is 60.2 Å². The minimum Gasteiger partial charge on any atom is -0.312 e. The molecule has 4 N–H and O–H groups in total. The van der Waals surface area contributed by atoms with Gasteiger partial charge in [0.05, 0.1) is 6.17 Å². The van der Waals surface area contributed by atoms with Crippen LogP contribution in [0.5, 0.6) is 0 Å². The van der Waals surface area contributed by atoms with Crippen molar-refractivity contribution in [3.63, 3.8) is 0 Å². The van der Waals surface area contributed by atoms with E-state index < -0.39 is 6.17 Å². The Morgan fingerprint density at radius 2 is 1.40 bits per heavy atom. The topological polar surface area (TPSA) is 52.0 Å². The SMILES string of the molecule is NC(N)c1cccc(-c2ccccc2)c1. The zero-order valence-corrected chi connectivity index (χ0v) is 8.43. The molecule has 76 valence electrons. The lowest BCUT2D eigenvalue weighted by Crippen LogP contribution is -2.19. The van der Waals surface area contributed by atoms with Gasteiger partial charge >= 0.3 is 0 Å². The van der Waals surface area contributed by atoms with Gasteiger partial charge in [0.15, 0.2) is 0 Å². The molecule has 0 unspecified atom stereocenters. The predicted molar refractivity (Wildman–Crippen MR) is 63.0 cm³/mol. The molecule has 0 radical (unpaired) electrons. The Hall–Kier alpha value is -1.64. The number of benzene rings is 2. The quantitative estimate of drug-likeness (QED) is 0.727. The molecule has 0 aliphatic heterocycles. The molecule has 2 heteroatoms. The van der Waals surface area contributed by atoms with Gasteiger partial charge in [-0.15, -0.1) is 0 Å². The van der Waals surface area contributed by atoms with Crippen molar-refractivity contribution >= 4 is 0 Å². The summed E-state index contributed by atoms with van der Waals surface area (Å²) >= 11 is 0. The Morgan fingerprint density at radius 1 is 0.733 bits per heavy atom. The monoisotopic (exact) mass is 198 g/mol. The van der Waals surface area contributed by atoms with Crippen LogP contribution in [0.25, 0.3) is 11.1 Å². The summed E-state index contributed by atoms with van der Waals surface area (Å²) in [6.07, 6.45) is -0.409. The molecule has 0 aliphatic carbocycles. The average Bonchev–Trinajstić information content (AvgIpc) is 2.30. The molecule has 2 nitrogen and oxygen atoms in total. The highest BCUT2D eigenvalue weighted by atomic mass is 14.8. The van der Waals surface area contributed by atoms with E-state index in [2.05, 4.69) is 18.2 Å². The van der Waals surface area contributed by atoms with Gasteiger partial charge in [-0.1, -0.05) is 48.5 Å². The molecule has 0 amide bonds. The molecular weight excluding hydrogens is 184 g/mol. The molecule has 0 fully saturated rings. The Bertz CT molecular complexity index is 435. The third kappa shape index (κ3) is 2.24. The minimum atomic E-state index is -0.409. The maximum Gasteiger partial charge on any atom is 0.0784 e. The maximum atomic E-state index is 5.64. The fraction of sp³-hybridized carbons (Fsp3) is 0.0769. The first-order valence-corrected chi connectivity index (χ1v) is 4.94. The summed E-state index contributed by atoms with van der Waals surface area (Å²) in [4.78, 5) is 0. The van der Waals surface area contributed by atoms with Crippen molar-refractivity contribution in [1.82, 2.24) is 0 Å². The summed E-state index contributed by atoms with van der Waals surface area (Å²) in [5, 5.41) is 0. The standard InChI is InChI=1S/C13H14N2/c14-13(15)12-8-4-7-11(9-12)10-5-2-1-3-6-10/h1-9,13H,14-15H2. The van der Waals surface area contributed by atoms with Gasteiger partial charge in [-0.2, -0.15) is 0 Å². The molecule has 0 heterocycles. The van der Waals surface area contributed by atoms with Gasteiger partial charge < -0.3 is 11.5 Å². The number of hydrogen-bond donors (Lipinski definition) is 2. The number of rotatable bonds is 2. The largest absolute Gasteiger partial charge is 0.312 e. The van der Waals surface area contributed by atoms with Crippen molar-refractivity contribution in [3.8, 4) is 11.1 Å². The molecule has 2 rings (SSSR count). The van der Waals surface area contributed by atoms with Crippen molar-refractivity contribution in [2.24, 2.45) is 11.5 Å². The smallest absolute Gasteiger partial charge is 0.0784 e. The van der Waals surface area contributed by atoms with Crippen molar-refractivity contribution in [1.29, 1.82) is 0 Å². The Morgan fingerprint density at radius 3 is 2.07 bits per heavy atom. The highest BCUT2D eigenvalue weighted by Crippen LogP contribution is 2.20. The van der Waals surface area contributed by atoms with E-state index in [1.54, 1.807) is 0 Å². The third-order valence-corrected chi connectivity index (χ3v) is 2.38. The van der Waals surface area contributed by atoms with Crippen LogP contribution in [0.15, 0.2) is 54.6 Å². The van der Waals surface area contributed by atoms with E-state index in [-0.39, 0.29) is 0 Å². The van der Waals surface area contributed by atoms with E-state index in [0.717, 1.165) is 11.1 Å². The van der Waals surface area contributed by atoms with Gasteiger partial charge in [-0.25, -0.2) is 0 Å². The van der Waals surface area contributed by atoms with E-state index in [1.165, 1.54) is 5.56 Å². The van der Waals surface area contributed by atoms with E-state index in [1.807, 2.05) is 36.4 Å². The molecule has 0 saturated carbocycles. The summed E-state index contributed by atoms with van der Waals surface area (Å²) in [6, 6.07) is 18.2. The molecule has 15 heavy (non-hydrogen) atoms. The van der Waals surface area contributed by atoms with E-state index in [4.69, 9.17) is 11.5 Å². The summed E-state index contributed by atoms with van der Waals surface area (Å²) < 4.78 is 0. The van der Waals surface area contributed by atoms with Gasteiger partial charge in [0.25, 0.3) is 0 Å². The van der Waals surface area contributed by atoms with Crippen LogP contribution in [-0.4, -0.2) is 0 Å². The lowest BCUT2D eigenvalue weighted by atomic mass is 10.0. The van der Waals surface area contributed by atoms with E-state index in [0.29, 0.717) is 0 Å². The second kappa shape index (κ2) is 4.26. The molecule has 0 aromatic heterocycles. The maximum absolute atomic E-state index is 5.64. The fourth-order valence-electron chi connectivity index (χ4n) is 1.56. The Balaban J connectivity index is 2.42. The second-order valence-corrected chi connectivity index (χ2v) is 3.52. The van der Waals surface area contributed by atoms with Gasteiger partial charge in [0.1, 0.15) is 0 Å². The highest BCUT2D eigenvalue weighted by molar-refractivity contribution is 5.64. The van der Waals surface area contributed by atoms with Crippen LogP contribution in [0.4, 0.5) is 0 Å². The first-order chi connectivity index (χ1) is 7.27. The molecule has 0 saturated heterocycles. The lowest BCUT2D eigenvalue weighted by Gasteiger charge is -2.08. The number of hydrogen-bond acceptors (Lipinski definition) is 2. The van der Waals surface area contributed by atoms with Crippen LogP contribution in [0, 0.1) is 0 Å². The molecule has 0 spiro atoms. The zero-order valence-electron chi connectivity index (χ0n) is 8.43. The van der Waals surface area contributed by atoms with Crippen molar-refractivity contribution < 1.29 is 0 Å². The molecule has 0 atom stereocenters. The summed E-state index contributed by atoms with van der Waals surface area (Å²) in [5.41, 5.74) is 14.6. The molecule has 0 aliphatic rings. The summed E-state index contributed by atoms with van der Waals surface area (Å²) in [7, 11) is 0. The summed E-state index contributed by atoms with van der Waals surface area (Å²) in [5.74, 6) is 0. The average molecular weight is 198 g/mol. The Kier molecular flexibility index (Phi) is 2.81. The van der Waals surface area contributed by atoms with Gasteiger partial charge in [0.2, 0.25) is 0 Å². The van der Waals surface area contributed by atoms with Crippen LogP contribution in [0.2, 0.25) is 0 Å². The molecule has 0 bridgehead atoms. The van der Waals surface area contributed by atoms with Crippen LogP contribution >= 0.6 is 0 Å². The first-order valence-electron chi connectivity index (χ1n) is 4.94. The molecule has 2 aromatic carbocycles. The van der Waals surface area contributed by atoms with Crippen LogP contribution < -0.4 is 11.5 Å². The Labute approximate surface area is 89.5 Å². The fourth-order valence-corrected chi connectivity index (χ4v) is 1.56. The van der Waals surface area contributed by atoms with Gasteiger partial charge in [0, 0.05) is 0 Å². The lowest BCUT2D eigenvalue weighted by molar-refractivity contribution is 0.774.